The zero-order valence-corrected chi connectivity index (χ0v) is 8.74. The molecule has 1 unspecified atom stereocenters. The van der Waals surface area contributed by atoms with Gasteiger partial charge in [-0.2, -0.15) is 0 Å². The average Bonchev–Trinajstić information content (AvgIpc) is 2.46. The Hall–Kier alpha value is -1.16. The molecule has 0 amide bonds. The molecular weight excluding hydrogens is 178 g/mol. The number of H-pyrrole nitrogens is 1. The van der Waals surface area contributed by atoms with Crippen molar-refractivity contribution in [1.82, 2.24) is 14.9 Å². The summed E-state index contributed by atoms with van der Waals surface area (Å²) < 4.78 is 0. The monoisotopic (exact) mass is 193 g/mol. The zero-order chi connectivity index (χ0) is 10.3. The molecule has 0 aliphatic carbocycles. The molecule has 76 valence electrons. The van der Waals surface area contributed by atoms with Gasteiger partial charge in [-0.25, -0.2) is 4.98 Å². The molecule has 1 aliphatic rings. The first-order valence-electron chi connectivity index (χ1n) is 4.93. The second kappa shape index (κ2) is 3.20. The topological polar surface area (TPSA) is 49.0 Å². The van der Waals surface area contributed by atoms with Crippen LogP contribution < -0.4 is 5.56 Å². The molecule has 2 rings (SSSR count). The first kappa shape index (κ1) is 9.40. The lowest BCUT2D eigenvalue weighted by molar-refractivity contribution is 0.178. The molecule has 4 heteroatoms. The minimum absolute atomic E-state index is 0.00463. The highest BCUT2D eigenvalue weighted by atomic mass is 16.1. The fraction of sp³-hybridized carbons (Fsp3) is 0.600. The Balaban J connectivity index is 2.45. The number of aromatic nitrogens is 2. The van der Waals surface area contributed by atoms with Gasteiger partial charge in [-0.3, -0.25) is 9.69 Å². The number of rotatable bonds is 1. The largest absolute Gasteiger partial charge is 0.313 e. The van der Waals surface area contributed by atoms with Gasteiger partial charge >= 0.3 is 0 Å². The summed E-state index contributed by atoms with van der Waals surface area (Å²) in [4.78, 5) is 20.6. The van der Waals surface area contributed by atoms with E-state index < -0.39 is 0 Å². The molecule has 0 spiro atoms. The van der Waals surface area contributed by atoms with Crippen molar-refractivity contribution in [1.29, 1.82) is 0 Å². The second-order valence-corrected chi connectivity index (χ2v) is 4.04. The van der Waals surface area contributed by atoms with Crippen LogP contribution in [0.5, 0.6) is 0 Å². The molecule has 0 radical (unpaired) electrons. The summed E-state index contributed by atoms with van der Waals surface area (Å²) in [5.74, 6) is 0. The highest BCUT2D eigenvalue weighted by Gasteiger charge is 2.31. The molecule has 2 heterocycles. The first-order chi connectivity index (χ1) is 6.61. The predicted molar refractivity (Wildman–Crippen MR) is 54.0 cm³/mol. The highest BCUT2D eigenvalue weighted by Crippen LogP contribution is 2.30. The molecule has 1 aromatic heterocycles. The standard InChI is InChI=1S/C10H15N3O/c1-6(2)13-4-8-9(7(13)3)11-5-12-10(8)14/h5-7H,4H2,1-3H3,(H,11,12,14). The number of hydrogen-bond acceptors (Lipinski definition) is 3. The van der Waals surface area contributed by atoms with Crippen molar-refractivity contribution >= 4 is 0 Å². The van der Waals surface area contributed by atoms with Crippen molar-refractivity contribution in [3.05, 3.63) is 27.9 Å². The van der Waals surface area contributed by atoms with Crippen LogP contribution in [-0.4, -0.2) is 20.9 Å². The molecule has 14 heavy (non-hydrogen) atoms. The van der Waals surface area contributed by atoms with Crippen molar-refractivity contribution < 1.29 is 0 Å². The first-order valence-corrected chi connectivity index (χ1v) is 4.93. The number of aromatic amines is 1. The lowest BCUT2D eigenvalue weighted by atomic mass is 10.2. The predicted octanol–water partition coefficient (Wildman–Crippen LogP) is 1.05. The van der Waals surface area contributed by atoms with Crippen molar-refractivity contribution in [2.45, 2.75) is 39.4 Å². The van der Waals surface area contributed by atoms with E-state index >= 15 is 0 Å². The molecule has 1 aliphatic heterocycles. The molecule has 1 atom stereocenters. The molecule has 0 saturated carbocycles. The molecule has 0 fully saturated rings. The van der Waals surface area contributed by atoms with E-state index in [4.69, 9.17) is 0 Å². The number of hydrogen-bond donors (Lipinski definition) is 1. The summed E-state index contributed by atoms with van der Waals surface area (Å²) in [7, 11) is 0. The molecule has 1 aromatic rings. The maximum Gasteiger partial charge on any atom is 0.255 e. The third-order valence-corrected chi connectivity index (χ3v) is 2.88. The van der Waals surface area contributed by atoms with Crippen LogP contribution in [0, 0.1) is 0 Å². The van der Waals surface area contributed by atoms with Crippen molar-refractivity contribution in [3.8, 4) is 0 Å². The lowest BCUT2D eigenvalue weighted by Gasteiger charge is -2.24. The third-order valence-electron chi connectivity index (χ3n) is 2.88. The van der Waals surface area contributed by atoms with Crippen LogP contribution in [0.1, 0.15) is 38.1 Å². The van der Waals surface area contributed by atoms with Crippen LogP contribution in [0.3, 0.4) is 0 Å². The summed E-state index contributed by atoms with van der Waals surface area (Å²) in [5.41, 5.74) is 1.76. The minimum atomic E-state index is 0.00463. The minimum Gasteiger partial charge on any atom is -0.313 e. The zero-order valence-electron chi connectivity index (χ0n) is 8.74. The van der Waals surface area contributed by atoms with E-state index in [9.17, 15) is 4.79 Å². The molecule has 1 N–H and O–H groups in total. The van der Waals surface area contributed by atoms with Gasteiger partial charge < -0.3 is 4.98 Å². The van der Waals surface area contributed by atoms with Gasteiger partial charge in [0.25, 0.3) is 5.56 Å². The SMILES string of the molecule is CC(C)N1Cc2c(nc[nH]c2=O)C1C. The Bertz CT molecular complexity index is 397. The normalized spacial score (nSPS) is 21.6. The summed E-state index contributed by atoms with van der Waals surface area (Å²) in [6.45, 7) is 7.09. The quantitative estimate of drug-likeness (QED) is 0.725. The van der Waals surface area contributed by atoms with E-state index in [1.54, 1.807) is 0 Å². The van der Waals surface area contributed by atoms with Gasteiger partial charge in [-0.1, -0.05) is 0 Å². The Morgan fingerprint density at radius 2 is 2.36 bits per heavy atom. The Labute approximate surface area is 83.0 Å². The lowest BCUT2D eigenvalue weighted by Crippen LogP contribution is -2.28. The van der Waals surface area contributed by atoms with Gasteiger partial charge in [0.05, 0.1) is 23.6 Å². The van der Waals surface area contributed by atoms with E-state index in [2.05, 4.69) is 35.6 Å². The van der Waals surface area contributed by atoms with Crippen LogP contribution in [0.4, 0.5) is 0 Å². The summed E-state index contributed by atoms with van der Waals surface area (Å²) in [5, 5.41) is 0. The van der Waals surface area contributed by atoms with Crippen molar-refractivity contribution in [2.75, 3.05) is 0 Å². The van der Waals surface area contributed by atoms with Gasteiger partial charge in [0.1, 0.15) is 0 Å². The maximum atomic E-state index is 11.5. The van der Waals surface area contributed by atoms with E-state index in [1.165, 1.54) is 6.33 Å². The van der Waals surface area contributed by atoms with Gasteiger partial charge in [0.2, 0.25) is 0 Å². The van der Waals surface area contributed by atoms with Crippen LogP contribution in [0.25, 0.3) is 0 Å². The maximum absolute atomic E-state index is 11.5. The highest BCUT2D eigenvalue weighted by molar-refractivity contribution is 5.24. The van der Waals surface area contributed by atoms with Crippen LogP contribution >= 0.6 is 0 Å². The van der Waals surface area contributed by atoms with Gasteiger partial charge in [-0.15, -0.1) is 0 Å². The van der Waals surface area contributed by atoms with E-state index in [0.29, 0.717) is 6.04 Å². The third kappa shape index (κ3) is 1.26. The van der Waals surface area contributed by atoms with Crippen LogP contribution in [0.2, 0.25) is 0 Å². The van der Waals surface area contributed by atoms with E-state index in [-0.39, 0.29) is 11.6 Å². The number of nitrogens with one attached hydrogen (secondary N) is 1. The van der Waals surface area contributed by atoms with Gasteiger partial charge in [0, 0.05) is 12.6 Å². The van der Waals surface area contributed by atoms with Gasteiger partial charge in [0.15, 0.2) is 0 Å². The van der Waals surface area contributed by atoms with Crippen LogP contribution in [-0.2, 0) is 6.54 Å². The molecule has 0 bridgehead atoms. The van der Waals surface area contributed by atoms with Gasteiger partial charge in [-0.05, 0) is 20.8 Å². The average molecular weight is 193 g/mol. The Morgan fingerprint density at radius 3 is 2.93 bits per heavy atom. The summed E-state index contributed by atoms with van der Waals surface area (Å²) in [6, 6.07) is 0.700. The smallest absolute Gasteiger partial charge is 0.255 e. The second-order valence-electron chi connectivity index (χ2n) is 4.04. The fourth-order valence-corrected chi connectivity index (χ4v) is 2.06. The Kier molecular flexibility index (Phi) is 2.15. The molecule has 0 aromatic carbocycles. The molecule has 4 nitrogen and oxygen atoms in total. The van der Waals surface area contributed by atoms with Crippen molar-refractivity contribution in [3.63, 3.8) is 0 Å². The number of fused-ring (bicyclic) bond motifs is 1. The fourth-order valence-electron chi connectivity index (χ4n) is 2.06. The number of nitrogens with zero attached hydrogens (tertiary/aromatic N) is 2. The molecular formula is C10H15N3O. The van der Waals surface area contributed by atoms with E-state index in [1.807, 2.05) is 0 Å². The van der Waals surface area contributed by atoms with Crippen molar-refractivity contribution in [2.24, 2.45) is 0 Å². The van der Waals surface area contributed by atoms with Crippen LogP contribution in [0.15, 0.2) is 11.1 Å². The molecule has 0 saturated heterocycles. The summed E-state index contributed by atoms with van der Waals surface area (Å²) in [6.07, 6.45) is 1.49. The van der Waals surface area contributed by atoms with E-state index in [0.717, 1.165) is 17.8 Å². The summed E-state index contributed by atoms with van der Waals surface area (Å²) >= 11 is 0. The Morgan fingerprint density at radius 1 is 1.64 bits per heavy atom.